The summed E-state index contributed by atoms with van der Waals surface area (Å²) in [4.78, 5) is 5.67. The van der Waals surface area contributed by atoms with E-state index in [0.717, 1.165) is 60.3 Å². The molecule has 1 N–H and O–H groups in total. The van der Waals surface area contributed by atoms with Gasteiger partial charge in [-0.05, 0) is 96.2 Å². The van der Waals surface area contributed by atoms with Crippen molar-refractivity contribution in [3.8, 4) is 16.9 Å². The van der Waals surface area contributed by atoms with E-state index in [1.54, 1.807) is 29.5 Å². The number of ether oxygens (including phenoxy) is 1. The summed E-state index contributed by atoms with van der Waals surface area (Å²) in [6.45, 7) is 3.36. The van der Waals surface area contributed by atoms with Gasteiger partial charge >= 0.3 is 0 Å². The number of hydrogen-bond donors (Lipinski definition) is 1. The summed E-state index contributed by atoms with van der Waals surface area (Å²) in [6.07, 6.45) is 4.12. The molecule has 0 saturated carbocycles. The maximum atomic E-state index is 13.7. The van der Waals surface area contributed by atoms with Gasteiger partial charge in [-0.25, -0.2) is 8.78 Å². The average molecular weight is 439 g/mol. The lowest BCUT2D eigenvalue weighted by atomic mass is 9.89. The van der Waals surface area contributed by atoms with E-state index in [2.05, 4.69) is 9.88 Å². The Balaban J connectivity index is 1.17. The number of hydrogen-bond acceptors (Lipinski definition) is 3. The van der Waals surface area contributed by atoms with Crippen LogP contribution < -0.4 is 4.74 Å². The zero-order valence-electron chi connectivity index (χ0n) is 17.1. The molecular formula is C25H24F2N2OS. The molecule has 2 aromatic heterocycles. The molecule has 0 bridgehead atoms. The van der Waals surface area contributed by atoms with Crippen molar-refractivity contribution in [2.45, 2.75) is 18.8 Å². The molecule has 0 atom stereocenters. The Labute approximate surface area is 184 Å². The molecule has 1 aliphatic heterocycles. The number of piperidine rings is 1. The van der Waals surface area contributed by atoms with Crippen LogP contribution in [0.5, 0.6) is 5.75 Å². The number of thiophene rings is 1. The minimum atomic E-state index is -0.257. The second-order valence-electron chi connectivity index (χ2n) is 8.05. The molecule has 0 spiro atoms. The third-order valence-corrected chi connectivity index (χ3v) is 6.83. The van der Waals surface area contributed by atoms with E-state index in [4.69, 9.17) is 4.74 Å². The van der Waals surface area contributed by atoms with Gasteiger partial charge in [0, 0.05) is 29.2 Å². The zero-order chi connectivity index (χ0) is 21.2. The second-order valence-corrected chi connectivity index (χ2v) is 8.83. The number of rotatable bonds is 6. The van der Waals surface area contributed by atoms with Gasteiger partial charge in [0.15, 0.2) is 0 Å². The number of halogens is 2. The van der Waals surface area contributed by atoms with Crippen molar-refractivity contribution in [3.05, 3.63) is 76.6 Å². The van der Waals surface area contributed by atoms with Crippen molar-refractivity contribution in [2.75, 3.05) is 26.2 Å². The Morgan fingerprint density at radius 2 is 1.84 bits per heavy atom. The molecule has 5 rings (SSSR count). The van der Waals surface area contributed by atoms with Crippen molar-refractivity contribution >= 4 is 22.2 Å². The molecule has 0 aliphatic carbocycles. The summed E-state index contributed by atoms with van der Waals surface area (Å²) in [7, 11) is 0. The number of nitrogens with zero attached hydrogens (tertiary/aromatic N) is 1. The van der Waals surface area contributed by atoms with Crippen molar-refractivity contribution in [3.63, 3.8) is 0 Å². The van der Waals surface area contributed by atoms with Crippen LogP contribution in [0.2, 0.25) is 0 Å². The number of likely N-dealkylation sites (tertiary alicyclic amines) is 1. The van der Waals surface area contributed by atoms with Gasteiger partial charge in [-0.2, -0.15) is 11.3 Å². The molecule has 3 heterocycles. The zero-order valence-corrected chi connectivity index (χ0v) is 17.9. The number of H-pyrrole nitrogens is 1. The number of aromatic amines is 1. The largest absolute Gasteiger partial charge is 0.492 e. The highest BCUT2D eigenvalue weighted by Gasteiger charge is 2.23. The van der Waals surface area contributed by atoms with E-state index in [9.17, 15) is 8.78 Å². The first-order chi connectivity index (χ1) is 15.2. The molecule has 160 valence electrons. The Bertz CT molecular complexity index is 1160. The molecule has 1 saturated heterocycles. The Morgan fingerprint density at radius 3 is 2.65 bits per heavy atom. The Kier molecular flexibility index (Phi) is 5.74. The van der Waals surface area contributed by atoms with Crippen molar-refractivity contribution in [1.29, 1.82) is 0 Å². The summed E-state index contributed by atoms with van der Waals surface area (Å²) >= 11 is 1.59. The van der Waals surface area contributed by atoms with Gasteiger partial charge in [0.05, 0.1) is 0 Å². The molecule has 6 heteroatoms. The minimum Gasteiger partial charge on any atom is -0.492 e. The first kappa shape index (κ1) is 20.2. The fourth-order valence-electron chi connectivity index (χ4n) is 4.48. The van der Waals surface area contributed by atoms with E-state index in [-0.39, 0.29) is 11.6 Å². The predicted octanol–water partition coefficient (Wildman–Crippen LogP) is 6.43. The van der Waals surface area contributed by atoms with Crippen LogP contribution >= 0.6 is 11.3 Å². The van der Waals surface area contributed by atoms with Gasteiger partial charge < -0.3 is 9.72 Å². The second kappa shape index (κ2) is 8.81. The standard InChI is InChI=1S/C25H24F2N2OS/c26-19-1-3-24-22(14-19)23(15-28-24)17-5-8-29(9-6-17)10-11-30-25-4-2-20(27)13-21(25)18-7-12-31-16-18/h1-4,7,12-17,28H,5-6,8-11H2. The summed E-state index contributed by atoms with van der Waals surface area (Å²) < 4.78 is 33.5. The van der Waals surface area contributed by atoms with Gasteiger partial charge in [0.2, 0.25) is 0 Å². The number of aromatic nitrogens is 1. The fourth-order valence-corrected chi connectivity index (χ4v) is 5.13. The summed E-state index contributed by atoms with van der Waals surface area (Å²) in [5.74, 6) is 0.712. The molecule has 0 unspecified atom stereocenters. The maximum absolute atomic E-state index is 13.7. The van der Waals surface area contributed by atoms with E-state index in [1.807, 2.05) is 23.0 Å². The van der Waals surface area contributed by atoms with Gasteiger partial charge in [-0.15, -0.1) is 0 Å². The number of benzene rings is 2. The molecule has 1 aliphatic rings. The number of fused-ring (bicyclic) bond motifs is 1. The van der Waals surface area contributed by atoms with Crippen LogP contribution in [0.3, 0.4) is 0 Å². The summed E-state index contributed by atoms with van der Waals surface area (Å²) in [6, 6.07) is 11.6. The van der Waals surface area contributed by atoms with Crippen LogP contribution in [0.1, 0.15) is 24.3 Å². The Morgan fingerprint density at radius 1 is 1.03 bits per heavy atom. The molecular weight excluding hydrogens is 414 g/mol. The molecule has 0 radical (unpaired) electrons. The molecule has 31 heavy (non-hydrogen) atoms. The lowest BCUT2D eigenvalue weighted by Gasteiger charge is -2.31. The van der Waals surface area contributed by atoms with E-state index >= 15 is 0 Å². The van der Waals surface area contributed by atoms with Crippen molar-refractivity contribution < 1.29 is 13.5 Å². The maximum Gasteiger partial charge on any atom is 0.127 e. The molecule has 3 nitrogen and oxygen atoms in total. The minimum absolute atomic E-state index is 0.189. The Hall–Kier alpha value is -2.70. The SMILES string of the molecule is Fc1ccc(OCCN2CCC(c3c[nH]c4ccc(F)cc34)CC2)c(-c2ccsc2)c1. The van der Waals surface area contributed by atoms with Gasteiger partial charge in [0.25, 0.3) is 0 Å². The van der Waals surface area contributed by atoms with Crippen molar-refractivity contribution in [1.82, 2.24) is 9.88 Å². The lowest BCUT2D eigenvalue weighted by Crippen LogP contribution is -2.35. The van der Waals surface area contributed by atoms with Gasteiger partial charge in [-0.3, -0.25) is 4.90 Å². The van der Waals surface area contributed by atoms with Crippen molar-refractivity contribution in [2.24, 2.45) is 0 Å². The number of nitrogens with one attached hydrogen (secondary N) is 1. The predicted molar refractivity (Wildman–Crippen MR) is 122 cm³/mol. The molecule has 1 fully saturated rings. The third kappa shape index (κ3) is 4.36. The molecule has 4 aromatic rings. The van der Waals surface area contributed by atoms with E-state index in [0.29, 0.717) is 12.5 Å². The van der Waals surface area contributed by atoms with E-state index in [1.165, 1.54) is 23.8 Å². The smallest absolute Gasteiger partial charge is 0.127 e. The monoisotopic (exact) mass is 438 g/mol. The van der Waals surface area contributed by atoms with E-state index < -0.39 is 0 Å². The first-order valence-electron chi connectivity index (χ1n) is 10.6. The normalized spacial score (nSPS) is 15.5. The quantitative estimate of drug-likeness (QED) is 0.376. The van der Waals surface area contributed by atoms with Crippen LogP contribution in [0.25, 0.3) is 22.0 Å². The first-order valence-corrected chi connectivity index (χ1v) is 11.6. The highest BCUT2D eigenvalue weighted by atomic mass is 32.1. The van der Waals surface area contributed by atoms with Crippen LogP contribution in [0, 0.1) is 11.6 Å². The van der Waals surface area contributed by atoms with Crippen LogP contribution in [0.4, 0.5) is 8.78 Å². The lowest BCUT2D eigenvalue weighted by molar-refractivity contribution is 0.174. The van der Waals surface area contributed by atoms with Crippen LogP contribution in [-0.2, 0) is 0 Å². The fraction of sp³-hybridized carbons (Fsp3) is 0.280. The summed E-state index contributed by atoms with van der Waals surface area (Å²) in [5.41, 5.74) is 3.99. The molecule has 0 amide bonds. The van der Waals surface area contributed by atoms with Crippen LogP contribution in [-0.4, -0.2) is 36.1 Å². The molecule has 2 aromatic carbocycles. The van der Waals surface area contributed by atoms with Gasteiger partial charge in [0.1, 0.15) is 24.0 Å². The highest BCUT2D eigenvalue weighted by molar-refractivity contribution is 7.08. The highest BCUT2D eigenvalue weighted by Crippen LogP contribution is 2.34. The topological polar surface area (TPSA) is 28.3 Å². The third-order valence-electron chi connectivity index (χ3n) is 6.14. The average Bonchev–Trinajstić information content (AvgIpc) is 3.45. The summed E-state index contributed by atoms with van der Waals surface area (Å²) in [5, 5.41) is 4.98. The van der Waals surface area contributed by atoms with Crippen LogP contribution in [0.15, 0.2) is 59.4 Å². The van der Waals surface area contributed by atoms with Gasteiger partial charge in [-0.1, -0.05) is 0 Å².